The molecule has 0 radical (unpaired) electrons. The van der Waals surface area contributed by atoms with Gasteiger partial charge in [-0.1, -0.05) is 0 Å². The second-order valence-electron chi connectivity index (χ2n) is 5.44. The molecule has 0 unspecified atom stereocenters. The quantitative estimate of drug-likeness (QED) is 0.225. The number of hydrogen-bond acceptors (Lipinski definition) is 5. The fourth-order valence-electron chi connectivity index (χ4n) is 2.10. The average Bonchev–Trinajstić information content (AvgIpc) is 2.93. The van der Waals surface area contributed by atoms with Gasteiger partial charge in [0, 0.05) is 51.7 Å². The summed E-state index contributed by atoms with van der Waals surface area (Å²) in [5.41, 5.74) is 1.15. The molecule has 0 aromatic carbocycles. The molecule has 0 spiro atoms. The van der Waals surface area contributed by atoms with E-state index in [0.29, 0.717) is 0 Å². The van der Waals surface area contributed by atoms with E-state index >= 15 is 0 Å². The highest BCUT2D eigenvalue weighted by Gasteiger charge is 2.01. The minimum absolute atomic E-state index is 0. The monoisotopic (exact) mass is 469 g/mol. The normalized spacial score (nSPS) is 11.5. The topological polar surface area (TPSA) is 61.8 Å². The van der Waals surface area contributed by atoms with Crippen molar-refractivity contribution in [3.63, 3.8) is 0 Å². The molecule has 1 aromatic rings. The van der Waals surface area contributed by atoms with E-state index in [2.05, 4.69) is 44.9 Å². The average molecular weight is 469 g/mol. The van der Waals surface area contributed by atoms with Gasteiger partial charge in [0.25, 0.3) is 0 Å². The van der Waals surface area contributed by atoms with Gasteiger partial charge in [-0.15, -0.1) is 35.3 Å². The molecule has 0 saturated carbocycles. The van der Waals surface area contributed by atoms with E-state index < -0.39 is 0 Å². The molecule has 1 heterocycles. The van der Waals surface area contributed by atoms with Crippen LogP contribution in [0.5, 0.6) is 0 Å². The van der Waals surface area contributed by atoms with E-state index in [0.717, 1.165) is 68.8 Å². The number of aliphatic imine (C=N–C) groups is 1. The van der Waals surface area contributed by atoms with Gasteiger partial charge >= 0.3 is 0 Å². The lowest BCUT2D eigenvalue weighted by molar-refractivity contribution is 0.180. The molecule has 2 N–H and O–H groups in total. The third-order valence-corrected chi connectivity index (χ3v) is 4.15. The van der Waals surface area contributed by atoms with Crippen LogP contribution >= 0.6 is 35.3 Å². The third kappa shape index (κ3) is 11.2. The molecule has 1 aromatic heterocycles. The third-order valence-electron chi connectivity index (χ3n) is 3.32. The maximum Gasteiger partial charge on any atom is 0.191 e. The number of hydrogen-bond donors (Lipinski definition) is 2. The molecule has 0 atom stereocenters. The summed E-state index contributed by atoms with van der Waals surface area (Å²) in [4.78, 5) is 11.4. The molecule has 24 heavy (non-hydrogen) atoms. The van der Waals surface area contributed by atoms with Crippen molar-refractivity contribution in [3.05, 3.63) is 16.1 Å². The van der Waals surface area contributed by atoms with Crippen LogP contribution in [-0.4, -0.2) is 69.3 Å². The molecule has 0 aliphatic rings. The molecule has 6 nitrogen and oxygen atoms in total. The van der Waals surface area contributed by atoms with Crippen molar-refractivity contribution < 1.29 is 4.74 Å². The predicted molar refractivity (Wildman–Crippen MR) is 114 cm³/mol. The lowest BCUT2D eigenvalue weighted by atomic mass is 10.3. The van der Waals surface area contributed by atoms with E-state index in [1.807, 2.05) is 6.92 Å². The van der Waals surface area contributed by atoms with Gasteiger partial charge in [-0.3, -0.25) is 4.99 Å². The Labute approximate surface area is 167 Å². The van der Waals surface area contributed by atoms with Gasteiger partial charge in [0.1, 0.15) is 0 Å². The van der Waals surface area contributed by atoms with Crippen molar-refractivity contribution in [2.75, 3.05) is 53.5 Å². The number of thiazole rings is 1. The lowest BCUT2D eigenvalue weighted by Crippen LogP contribution is -2.39. The fraction of sp³-hybridized carbons (Fsp3) is 0.750. The summed E-state index contributed by atoms with van der Waals surface area (Å²) < 4.78 is 5.07. The zero-order chi connectivity index (χ0) is 16.9. The van der Waals surface area contributed by atoms with Crippen LogP contribution in [0.3, 0.4) is 0 Å². The van der Waals surface area contributed by atoms with E-state index in [4.69, 9.17) is 4.74 Å². The molecule has 0 bridgehead atoms. The Hall–Kier alpha value is -0.450. The Kier molecular flexibility index (Phi) is 14.6. The first kappa shape index (κ1) is 23.5. The summed E-state index contributed by atoms with van der Waals surface area (Å²) in [6, 6.07) is 0. The van der Waals surface area contributed by atoms with Crippen LogP contribution in [0.1, 0.15) is 24.0 Å². The van der Waals surface area contributed by atoms with E-state index in [9.17, 15) is 0 Å². The van der Waals surface area contributed by atoms with Gasteiger partial charge in [0.05, 0.1) is 17.2 Å². The van der Waals surface area contributed by atoms with Crippen molar-refractivity contribution in [3.8, 4) is 0 Å². The summed E-state index contributed by atoms with van der Waals surface area (Å²) in [7, 11) is 3.86. The van der Waals surface area contributed by atoms with Gasteiger partial charge < -0.3 is 20.3 Å². The molecule has 0 amide bonds. The highest BCUT2D eigenvalue weighted by atomic mass is 127. The van der Waals surface area contributed by atoms with Crippen molar-refractivity contribution >= 4 is 41.3 Å². The molecule has 1 rings (SSSR count). The molecular formula is C16H32IN5OS. The number of guanidine groups is 1. The van der Waals surface area contributed by atoms with Crippen LogP contribution in [0.15, 0.2) is 10.4 Å². The number of aromatic nitrogens is 1. The Morgan fingerprint density at radius 1 is 1.38 bits per heavy atom. The van der Waals surface area contributed by atoms with E-state index in [-0.39, 0.29) is 24.0 Å². The van der Waals surface area contributed by atoms with Gasteiger partial charge in [0.2, 0.25) is 0 Å². The number of methoxy groups -OCH3 is 1. The van der Waals surface area contributed by atoms with Crippen LogP contribution in [0.2, 0.25) is 0 Å². The molecule has 0 aliphatic carbocycles. The Morgan fingerprint density at radius 3 is 2.79 bits per heavy atom. The first-order valence-corrected chi connectivity index (χ1v) is 9.14. The van der Waals surface area contributed by atoms with E-state index in [1.54, 1.807) is 18.4 Å². The van der Waals surface area contributed by atoms with Gasteiger partial charge in [-0.05, 0) is 27.3 Å². The van der Waals surface area contributed by atoms with Gasteiger partial charge in [0.15, 0.2) is 5.96 Å². The molecule has 0 saturated heterocycles. The number of likely N-dealkylation sites (N-methyl/N-ethyl adjacent to an activating group) is 1. The van der Waals surface area contributed by atoms with E-state index in [1.165, 1.54) is 0 Å². The van der Waals surface area contributed by atoms with Crippen LogP contribution < -0.4 is 10.6 Å². The Morgan fingerprint density at radius 2 is 2.17 bits per heavy atom. The predicted octanol–water partition coefficient (Wildman–Crippen LogP) is 2.14. The zero-order valence-corrected chi connectivity index (χ0v) is 18.4. The van der Waals surface area contributed by atoms with Crippen molar-refractivity contribution in [2.45, 2.75) is 26.7 Å². The number of nitrogens with zero attached hydrogens (tertiary/aromatic N) is 3. The number of rotatable bonds is 11. The maximum absolute atomic E-state index is 5.07. The van der Waals surface area contributed by atoms with Crippen LogP contribution in [-0.2, 0) is 11.2 Å². The number of aryl methyl sites for hydroxylation is 1. The van der Waals surface area contributed by atoms with Crippen molar-refractivity contribution in [2.24, 2.45) is 4.99 Å². The highest BCUT2D eigenvalue weighted by molar-refractivity contribution is 14.0. The Bertz CT molecular complexity index is 455. The lowest BCUT2D eigenvalue weighted by Gasteiger charge is -2.16. The summed E-state index contributed by atoms with van der Waals surface area (Å²) in [6.45, 7) is 9.42. The van der Waals surface area contributed by atoms with Gasteiger partial charge in [-0.2, -0.15) is 0 Å². The van der Waals surface area contributed by atoms with Crippen LogP contribution in [0.25, 0.3) is 0 Å². The van der Waals surface area contributed by atoms with Crippen molar-refractivity contribution in [1.82, 2.24) is 20.5 Å². The first-order chi connectivity index (χ1) is 11.2. The molecule has 140 valence electrons. The minimum atomic E-state index is 0. The first-order valence-electron chi connectivity index (χ1n) is 8.26. The summed E-state index contributed by atoms with van der Waals surface area (Å²) in [6.07, 6.45) is 1.98. The standard InChI is InChI=1S/C16H31N5OS.HI/c1-5-17-16(18-8-7-15-13-23-14(2)20-15)19-9-11-21(3)10-6-12-22-4;/h13H,5-12H2,1-4H3,(H2,17,18,19);1H. The van der Waals surface area contributed by atoms with Crippen molar-refractivity contribution in [1.29, 1.82) is 0 Å². The highest BCUT2D eigenvalue weighted by Crippen LogP contribution is 2.07. The second-order valence-corrected chi connectivity index (χ2v) is 6.51. The smallest absolute Gasteiger partial charge is 0.191 e. The Balaban J connectivity index is 0.00000529. The number of nitrogens with one attached hydrogen (secondary N) is 2. The minimum Gasteiger partial charge on any atom is -0.385 e. The SMILES string of the molecule is CCNC(=NCCN(C)CCCOC)NCCc1csc(C)n1.I. The number of ether oxygens (including phenoxy) is 1. The molecule has 0 fully saturated rings. The summed E-state index contributed by atoms with van der Waals surface area (Å²) in [5, 5.41) is 9.90. The van der Waals surface area contributed by atoms with Crippen LogP contribution in [0.4, 0.5) is 0 Å². The second kappa shape index (κ2) is 14.9. The fourth-order valence-corrected chi connectivity index (χ4v) is 2.74. The largest absolute Gasteiger partial charge is 0.385 e. The van der Waals surface area contributed by atoms with Crippen LogP contribution in [0, 0.1) is 6.92 Å². The summed E-state index contributed by atoms with van der Waals surface area (Å²) in [5.74, 6) is 0.879. The zero-order valence-electron chi connectivity index (χ0n) is 15.3. The maximum atomic E-state index is 5.07. The summed E-state index contributed by atoms with van der Waals surface area (Å²) >= 11 is 1.70. The number of halogens is 1. The molecule has 8 heteroatoms. The van der Waals surface area contributed by atoms with Gasteiger partial charge in [-0.25, -0.2) is 4.98 Å². The molecule has 0 aliphatic heterocycles. The molecular weight excluding hydrogens is 437 g/mol.